The van der Waals surface area contributed by atoms with E-state index in [4.69, 9.17) is 26.3 Å². The summed E-state index contributed by atoms with van der Waals surface area (Å²) in [6.07, 6.45) is 0. The molecule has 0 radical (unpaired) electrons. The molecular weight excluding hydrogens is 504 g/mol. The van der Waals surface area contributed by atoms with Crippen LogP contribution in [0.5, 0.6) is 5.75 Å². The van der Waals surface area contributed by atoms with Crippen molar-refractivity contribution in [2.75, 3.05) is 48.8 Å². The predicted molar refractivity (Wildman–Crippen MR) is 155 cm³/mol. The Bertz CT molecular complexity index is 1430. The monoisotopic (exact) mass is 532 g/mol. The minimum Gasteiger partial charge on any atom is -0.495 e. The van der Waals surface area contributed by atoms with Crippen molar-refractivity contribution in [2.45, 2.75) is 13.8 Å². The highest BCUT2D eigenvalue weighted by Crippen LogP contribution is 2.30. The highest BCUT2D eigenvalue weighted by atomic mass is 32.1. The maximum absolute atomic E-state index is 5.62. The SMILES string of the molecule is COc1ccccc1NC(=S)/N=C(/Nc1nc(C)cc(C)n1)N1CCN(c2nsc3ccccc23)CC1. The van der Waals surface area contributed by atoms with E-state index in [9.17, 15) is 0 Å². The Balaban J connectivity index is 1.37. The van der Waals surface area contributed by atoms with Gasteiger partial charge in [0.15, 0.2) is 0 Å². The van der Waals surface area contributed by atoms with E-state index in [1.54, 1.807) is 7.11 Å². The molecular formula is C26H28N8OS2. The Labute approximate surface area is 225 Å². The van der Waals surface area contributed by atoms with E-state index in [0.717, 1.165) is 49.1 Å². The molecule has 11 heteroatoms. The van der Waals surface area contributed by atoms with E-state index in [0.29, 0.717) is 22.8 Å². The van der Waals surface area contributed by atoms with Gasteiger partial charge in [-0.05, 0) is 67.9 Å². The van der Waals surface area contributed by atoms with Crippen LogP contribution in [0.1, 0.15) is 11.4 Å². The number of benzene rings is 2. The number of piperazine rings is 1. The van der Waals surface area contributed by atoms with Crippen LogP contribution in [0.15, 0.2) is 59.6 Å². The zero-order chi connectivity index (χ0) is 25.8. The number of hydrogen-bond acceptors (Lipinski definition) is 7. The third-order valence-corrected chi connectivity index (χ3v) is 7.01. The number of thiocarbonyl (C=S) groups is 1. The van der Waals surface area contributed by atoms with Crippen molar-refractivity contribution in [1.82, 2.24) is 19.2 Å². The molecule has 37 heavy (non-hydrogen) atoms. The summed E-state index contributed by atoms with van der Waals surface area (Å²) in [5, 5.41) is 8.00. The van der Waals surface area contributed by atoms with Gasteiger partial charge < -0.3 is 19.9 Å². The standard InChI is InChI=1S/C26H28N8OS2/c1-17-16-18(2)28-24(27-17)30-25(31-26(36)29-20-9-5-6-10-21(20)35-3)34-14-12-33(13-15-34)23-19-8-4-7-11-22(19)37-32-23/h4-11,16H,12-15H2,1-3H3,(H2,27,28,29,30,31,36). The summed E-state index contributed by atoms with van der Waals surface area (Å²) >= 11 is 7.16. The van der Waals surface area contributed by atoms with Crippen LogP contribution < -0.4 is 20.3 Å². The lowest BCUT2D eigenvalue weighted by molar-refractivity contribution is 0.384. The number of aromatic nitrogens is 3. The lowest BCUT2D eigenvalue weighted by atomic mass is 10.2. The first kappa shape index (κ1) is 24.8. The first-order chi connectivity index (χ1) is 18.0. The molecule has 0 atom stereocenters. The molecule has 1 saturated heterocycles. The van der Waals surface area contributed by atoms with Gasteiger partial charge in [-0.1, -0.05) is 24.3 Å². The summed E-state index contributed by atoms with van der Waals surface area (Å²) in [7, 11) is 1.63. The second-order valence-corrected chi connectivity index (χ2v) is 9.83. The molecule has 1 aliphatic heterocycles. The molecule has 0 aliphatic carbocycles. The van der Waals surface area contributed by atoms with Gasteiger partial charge in [0.2, 0.25) is 17.0 Å². The van der Waals surface area contributed by atoms with Crippen LogP contribution in [0.2, 0.25) is 0 Å². The maximum atomic E-state index is 5.62. The van der Waals surface area contributed by atoms with Gasteiger partial charge in [-0.2, -0.15) is 9.37 Å². The number of nitrogens with one attached hydrogen (secondary N) is 2. The molecule has 190 valence electrons. The lowest BCUT2D eigenvalue weighted by Gasteiger charge is -2.36. The lowest BCUT2D eigenvalue weighted by Crippen LogP contribution is -2.51. The normalized spacial score (nSPS) is 14.1. The molecule has 1 aliphatic rings. The fraction of sp³-hybridized carbons (Fsp3) is 0.269. The van der Waals surface area contributed by atoms with Crippen molar-refractivity contribution in [3.63, 3.8) is 0 Å². The van der Waals surface area contributed by atoms with Gasteiger partial charge in [-0.15, -0.1) is 0 Å². The quantitative estimate of drug-likeness (QED) is 0.220. The molecule has 2 aromatic carbocycles. The minimum absolute atomic E-state index is 0.310. The highest BCUT2D eigenvalue weighted by molar-refractivity contribution is 7.80. The number of anilines is 3. The largest absolute Gasteiger partial charge is 0.495 e. The van der Waals surface area contributed by atoms with E-state index >= 15 is 0 Å². The molecule has 0 unspecified atom stereocenters. The third kappa shape index (κ3) is 5.78. The fourth-order valence-corrected chi connectivity index (χ4v) is 5.27. The summed E-state index contributed by atoms with van der Waals surface area (Å²) in [5.74, 6) is 2.82. The Morgan fingerprint density at radius 2 is 1.68 bits per heavy atom. The Morgan fingerprint density at radius 3 is 2.43 bits per heavy atom. The molecule has 0 amide bonds. The van der Waals surface area contributed by atoms with E-state index in [1.165, 1.54) is 21.6 Å². The predicted octanol–water partition coefficient (Wildman–Crippen LogP) is 4.70. The van der Waals surface area contributed by atoms with Crippen LogP contribution in [0, 0.1) is 13.8 Å². The van der Waals surface area contributed by atoms with Crippen molar-refractivity contribution < 1.29 is 4.74 Å². The molecule has 9 nitrogen and oxygen atoms in total. The first-order valence-corrected chi connectivity index (χ1v) is 13.1. The van der Waals surface area contributed by atoms with Crippen LogP contribution in [0.3, 0.4) is 0 Å². The summed E-state index contributed by atoms with van der Waals surface area (Å²) in [4.78, 5) is 18.3. The molecule has 0 saturated carbocycles. The second-order valence-electron chi connectivity index (χ2n) is 8.64. The smallest absolute Gasteiger partial charge is 0.229 e. The van der Waals surface area contributed by atoms with Gasteiger partial charge in [0, 0.05) is 43.0 Å². The van der Waals surface area contributed by atoms with Crippen LogP contribution in [0.25, 0.3) is 10.1 Å². The first-order valence-electron chi connectivity index (χ1n) is 12.0. The summed E-state index contributed by atoms with van der Waals surface area (Å²) in [5.41, 5.74) is 2.51. The molecule has 0 spiro atoms. The summed E-state index contributed by atoms with van der Waals surface area (Å²) < 4.78 is 11.4. The Morgan fingerprint density at radius 1 is 0.973 bits per heavy atom. The average Bonchev–Trinajstić information content (AvgIpc) is 3.32. The fourth-order valence-electron chi connectivity index (χ4n) is 4.28. The van der Waals surface area contributed by atoms with Crippen LogP contribution in [0.4, 0.5) is 17.5 Å². The average molecular weight is 533 g/mol. The maximum Gasteiger partial charge on any atom is 0.229 e. The zero-order valence-electron chi connectivity index (χ0n) is 20.9. The van der Waals surface area contributed by atoms with Gasteiger partial charge in [-0.3, -0.25) is 5.32 Å². The zero-order valence-corrected chi connectivity index (χ0v) is 22.6. The topological polar surface area (TPSA) is 90.8 Å². The molecule has 1 fully saturated rings. The molecule has 5 rings (SSSR count). The molecule has 0 bridgehead atoms. The number of aryl methyl sites for hydroxylation is 2. The van der Waals surface area contributed by atoms with Crippen molar-refractivity contribution in [3.8, 4) is 5.75 Å². The van der Waals surface area contributed by atoms with Gasteiger partial charge in [0.05, 0.1) is 17.5 Å². The number of hydrogen-bond donors (Lipinski definition) is 2. The molecule has 2 aromatic heterocycles. The van der Waals surface area contributed by atoms with Gasteiger partial charge in [0.1, 0.15) is 11.6 Å². The van der Waals surface area contributed by atoms with Crippen molar-refractivity contribution in [3.05, 3.63) is 66.0 Å². The number of aliphatic imine (C=N–C) groups is 1. The van der Waals surface area contributed by atoms with E-state index in [-0.39, 0.29) is 0 Å². The van der Waals surface area contributed by atoms with Crippen LogP contribution in [-0.4, -0.2) is 63.6 Å². The number of para-hydroxylation sites is 2. The van der Waals surface area contributed by atoms with Crippen molar-refractivity contribution in [1.29, 1.82) is 0 Å². The number of ether oxygens (including phenoxy) is 1. The molecule has 4 aromatic rings. The van der Waals surface area contributed by atoms with Gasteiger partial charge in [0.25, 0.3) is 0 Å². The van der Waals surface area contributed by atoms with Crippen molar-refractivity contribution >= 4 is 62.4 Å². The summed E-state index contributed by atoms with van der Waals surface area (Å²) in [6.45, 7) is 6.96. The number of fused-ring (bicyclic) bond motifs is 1. The molecule has 2 N–H and O–H groups in total. The van der Waals surface area contributed by atoms with E-state index < -0.39 is 0 Å². The van der Waals surface area contributed by atoms with E-state index in [1.807, 2.05) is 50.2 Å². The Kier molecular flexibility index (Phi) is 7.42. The van der Waals surface area contributed by atoms with Gasteiger partial charge in [-0.25, -0.2) is 9.97 Å². The number of methoxy groups -OCH3 is 1. The van der Waals surface area contributed by atoms with E-state index in [2.05, 4.69) is 48.6 Å². The highest BCUT2D eigenvalue weighted by Gasteiger charge is 2.24. The second kappa shape index (κ2) is 11.1. The summed E-state index contributed by atoms with van der Waals surface area (Å²) in [6, 6.07) is 17.9. The van der Waals surface area contributed by atoms with Crippen LogP contribution in [-0.2, 0) is 0 Å². The number of nitrogens with zero attached hydrogens (tertiary/aromatic N) is 6. The van der Waals surface area contributed by atoms with Crippen molar-refractivity contribution in [2.24, 2.45) is 4.99 Å². The molecule has 3 heterocycles. The van der Waals surface area contributed by atoms with Gasteiger partial charge >= 0.3 is 0 Å². The number of rotatable bonds is 4. The van der Waals surface area contributed by atoms with Crippen LogP contribution >= 0.6 is 23.8 Å². The Hall–Kier alpha value is -3.83. The number of guanidine groups is 1. The third-order valence-electron chi connectivity index (χ3n) is 6.00. The minimum atomic E-state index is 0.310.